The average molecular weight is 253 g/mol. The second-order valence-corrected chi connectivity index (χ2v) is 4.61. The molecule has 2 aromatic rings. The molecule has 96 valence electrons. The monoisotopic (exact) mass is 253 g/mol. The molecule has 0 saturated heterocycles. The highest BCUT2D eigenvalue weighted by molar-refractivity contribution is 5.79. The molecule has 2 aromatic carbocycles. The molecule has 0 fully saturated rings. The first kappa shape index (κ1) is 11.9. The van der Waals surface area contributed by atoms with Crippen molar-refractivity contribution in [2.45, 2.75) is 5.92 Å². The number of carbonyl (C=O) groups is 1. The summed E-state index contributed by atoms with van der Waals surface area (Å²) in [4.78, 5) is 11.2. The molecule has 3 nitrogen and oxygen atoms in total. The molecule has 0 aliphatic heterocycles. The number of fused-ring (bicyclic) bond motifs is 3. The maximum absolute atomic E-state index is 11.2. The number of nitrogens with two attached hydrogens (primary N) is 1. The van der Waals surface area contributed by atoms with E-state index in [0.717, 1.165) is 0 Å². The Bertz CT molecular complexity index is 576. The molecule has 0 heterocycles. The van der Waals surface area contributed by atoms with E-state index in [1.807, 2.05) is 24.3 Å². The third-order valence-corrected chi connectivity index (χ3v) is 3.54. The van der Waals surface area contributed by atoms with Crippen LogP contribution >= 0.6 is 0 Å². The lowest BCUT2D eigenvalue weighted by molar-refractivity contribution is -0.142. The van der Waals surface area contributed by atoms with Gasteiger partial charge in [-0.3, -0.25) is 4.79 Å². The summed E-state index contributed by atoms with van der Waals surface area (Å²) < 4.78 is 5.22. The van der Waals surface area contributed by atoms with Gasteiger partial charge in [0.05, 0.1) is 6.54 Å². The summed E-state index contributed by atoms with van der Waals surface area (Å²) in [5, 5.41) is 0. The standard InChI is InChI=1S/C16H15NO2/c17-9-16(18)19-10-15-13-7-3-1-5-11(13)12-6-2-4-8-14(12)15/h1-8,15H,9-10,17H2. The minimum Gasteiger partial charge on any atom is -0.464 e. The molecule has 0 amide bonds. The highest BCUT2D eigenvalue weighted by Gasteiger charge is 2.28. The van der Waals surface area contributed by atoms with Crippen molar-refractivity contribution in [2.75, 3.05) is 13.2 Å². The van der Waals surface area contributed by atoms with Crippen LogP contribution in [0.3, 0.4) is 0 Å². The van der Waals surface area contributed by atoms with Crippen molar-refractivity contribution in [2.24, 2.45) is 5.73 Å². The van der Waals surface area contributed by atoms with E-state index < -0.39 is 0 Å². The molecule has 0 aromatic heterocycles. The number of carbonyl (C=O) groups excluding carboxylic acids is 1. The molecule has 2 N–H and O–H groups in total. The minimum absolute atomic E-state index is 0.0734. The molecule has 0 spiro atoms. The zero-order valence-corrected chi connectivity index (χ0v) is 10.5. The van der Waals surface area contributed by atoms with Crippen molar-refractivity contribution in [3.8, 4) is 11.1 Å². The lowest BCUT2D eigenvalue weighted by Crippen LogP contribution is -2.19. The second kappa shape index (κ2) is 4.86. The third kappa shape index (κ3) is 2.02. The van der Waals surface area contributed by atoms with Gasteiger partial charge < -0.3 is 10.5 Å². The van der Waals surface area contributed by atoms with Gasteiger partial charge in [0.15, 0.2) is 0 Å². The number of esters is 1. The topological polar surface area (TPSA) is 52.3 Å². The van der Waals surface area contributed by atoms with Gasteiger partial charge in [-0.05, 0) is 22.3 Å². The van der Waals surface area contributed by atoms with Crippen molar-refractivity contribution in [1.29, 1.82) is 0 Å². The average Bonchev–Trinajstić information content (AvgIpc) is 2.79. The van der Waals surface area contributed by atoms with Crippen LogP contribution in [0.1, 0.15) is 17.0 Å². The van der Waals surface area contributed by atoms with Crippen LogP contribution in [0.5, 0.6) is 0 Å². The number of hydrogen-bond acceptors (Lipinski definition) is 3. The van der Waals surface area contributed by atoms with E-state index in [1.54, 1.807) is 0 Å². The predicted molar refractivity (Wildman–Crippen MR) is 73.7 cm³/mol. The van der Waals surface area contributed by atoms with E-state index in [1.165, 1.54) is 22.3 Å². The van der Waals surface area contributed by atoms with Crippen LogP contribution in [0.25, 0.3) is 11.1 Å². The Morgan fingerprint density at radius 3 is 2.05 bits per heavy atom. The molecule has 0 saturated carbocycles. The molecule has 1 aliphatic rings. The van der Waals surface area contributed by atoms with Gasteiger partial charge in [-0.1, -0.05) is 48.5 Å². The van der Waals surface area contributed by atoms with Gasteiger partial charge in [0.1, 0.15) is 6.61 Å². The van der Waals surface area contributed by atoms with E-state index in [-0.39, 0.29) is 18.4 Å². The first-order chi connectivity index (χ1) is 9.31. The lowest BCUT2D eigenvalue weighted by atomic mass is 9.98. The fraction of sp³-hybridized carbons (Fsp3) is 0.188. The summed E-state index contributed by atoms with van der Waals surface area (Å²) in [5.74, 6) is -0.246. The lowest BCUT2D eigenvalue weighted by Gasteiger charge is -2.13. The molecular formula is C16H15NO2. The Kier molecular flexibility index (Phi) is 3.05. The SMILES string of the molecule is NCC(=O)OCC1c2ccccc2-c2ccccc21. The van der Waals surface area contributed by atoms with Gasteiger partial charge >= 0.3 is 5.97 Å². The van der Waals surface area contributed by atoms with Crippen LogP contribution in [0.2, 0.25) is 0 Å². The van der Waals surface area contributed by atoms with Gasteiger partial charge in [0.2, 0.25) is 0 Å². The van der Waals surface area contributed by atoms with Crippen LogP contribution in [0.4, 0.5) is 0 Å². The Balaban J connectivity index is 1.98. The Morgan fingerprint density at radius 1 is 1.00 bits per heavy atom. The molecule has 0 radical (unpaired) electrons. The van der Waals surface area contributed by atoms with E-state index in [9.17, 15) is 4.79 Å². The largest absolute Gasteiger partial charge is 0.464 e. The van der Waals surface area contributed by atoms with Crippen molar-refractivity contribution < 1.29 is 9.53 Å². The van der Waals surface area contributed by atoms with Crippen molar-refractivity contribution in [3.63, 3.8) is 0 Å². The zero-order valence-electron chi connectivity index (χ0n) is 10.5. The number of ether oxygens (including phenoxy) is 1. The molecule has 3 rings (SSSR count). The van der Waals surface area contributed by atoms with E-state index in [2.05, 4.69) is 24.3 Å². The summed E-state index contributed by atoms with van der Waals surface area (Å²) in [6, 6.07) is 16.5. The fourth-order valence-electron chi connectivity index (χ4n) is 2.67. The molecule has 1 aliphatic carbocycles. The number of benzene rings is 2. The summed E-state index contributed by atoms with van der Waals surface area (Å²) in [7, 11) is 0. The van der Waals surface area contributed by atoms with Crippen LogP contribution in [0, 0.1) is 0 Å². The molecule has 0 atom stereocenters. The molecule has 0 unspecified atom stereocenters. The summed E-state index contributed by atoms with van der Waals surface area (Å²) in [6.45, 7) is 0.278. The summed E-state index contributed by atoms with van der Waals surface area (Å²) in [5.41, 5.74) is 10.2. The smallest absolute Gasteiger partial charge is 0.319 e. The van der Waals surface area contributed by atoms with E-state index >= 15 is 0 Å². The quantitative estimate of drug-likeness (QED) is 0.854. The molecule has 19 heavy (non-hydrogen) atoms. The van der Waals surface area contributed by atoms with Crippen molar-refractivity contribution >= 4 is 5.97 Å². The Labute approximate surface area is 112 Å². The maximum atomic E-state index is 11.2. The van der Waals surface area contributed by atoms with Gasteiger partial charge in [-0.25, -0.2) is 0 Å². The highest BCUT2D eigenvalue weighted by Crippen LogP contribution is 2.44. The van der Waals surface area contributed by atoms with Crippen molar-refractivity contribution in [3.05, 3.63) is 59.7 Å². The van der Waals surface area contributed by atoms with Crippen LogP contribution in [0.15, 0.2) is 48.5 Å². The second-order valence-electron chi connectivity index (χ2n) is 4.61. The minimum atomic E-state index is -0.359. The molecule has 0 bridgehead atoms. The third-order valence-electron chi connectivity index (χ3n) is 3.54. The van der Waals surface area contributed by atoms with Gasteiger partial charge in [-0.15, -0.1) is 0 Å². The van der Waals surface area contributed by atoms with E-state index in [4.69, 9.17) is 10.5 Å². The molecular weight excluding hydrogens is 238 g/mol. The number of hydrogen-bond donors (Lipinski definition) is 1. The fourth-order valence-corrected chi connectivity index (χ4v) is 2.67. The number of rotatable bonds is 3. The summed E-state index contributed by atoms with van der Waals surface area (Å²) in [6.07, 6.45) is 0. The predicted octanol–water partition coefficient (Wildman–Crippen LogP) is 2.30. The summed E-state index contributed by atoms with van der Waals surface area (Å²) >= 11 is 0. The van der Waals surface area contributed by atoms with Gasteiger partial charge in [0, 0.05) is 5.92 Å². The zero-order chi connectivity index (χ0) is 13.2. The van der Waals surface area contributed by atoms with Crippen molar-refractivity contribution in [1.82, 2.24) is 0 Å². The van der Waals surface area contributed by atoms with Crippen LogP contribution < -0.4 is 5.73 Å². The first-order valence-electron chi connectivity index (χ1n) is 6.35. The first-order valence-corrected chi connectivity index (χ1v) is 6.35. The highest BCUT2D eigenvalue weighted by atomic mass is 16.5. The van der Waals surface area contributed by atoms with Gasteiger partial charge in [-0.2, -0.15) is 0 Å². The Hall–Kier alpha value is -2.13. The normalized spacial score (nSPS) is 12.9. The maximum Gasteiger partial charge on any atom is 0.319 e. The Morgan fingerprint density at radius 2 is 1.53 bits per heavy atom. The van der Waals surface area contributed by atoms with Crippen LogP contribution in [-0.2, 0) is 9.53 Å². The van der Waals surface area contributed by atoms with Gasteiger partial charge in [0.25, 0.3) is 0 Å². The van der Waals surface area contributed by atoms with Crippen LogP contribution in [-0.4, -0.2) is 19.1 Å². The molecule has 3 heteroatoms. The van der Waals surface area contributed by atoms with E-state index in [0.29, 0.717) is 6.61 Å².